The lowest BCUT2D eigenvalue weighted by Gasteiger charge is -2.29. The molecule has 0 unspecified atom stereocenters. The molecule has 1 aliphatic heterocycles. The van der Waals surface area contributed by atoms with E-state index < -0.39 is 6.04 Å². The summed E-state index contributed by atoms with van der Waals surface area (Å²) in [4.78, 5) is 17.6. The van der Waals surface area contributed by atoms with Crippen LogP contribution in [0.4, 0.5) is 11.6 Å². The molecule has 29 heavy (non-hydrogen) atoms. The van der Waals surface area contributed by atoms with E-state index in [1.807, 2.05) is 43.3 Å². The van der Waals surface area contributed by atoms with Gasteiger partial charge in [-0.25, -0.2) is 4.68 Å². The van der Waals surface area contributed by atoms with Crippen LogP contribution in [0.5, 0.6) is 11.5 Å². The van der Waals surface area contributed by atoms with E-state index in [9.17, 15) is 4.79 Å². The van der Waals surface area contributed by atoms with E-state index in [0.717, 1.165) is 5.56 Å². The minimum Gasteiger partial charge on any atom is -0.497 e. The Balaban J connectivity index is 1.77. The topological polar surface area (TPSA) is 90.3 Å². The van der Waals surface area contributed by atoms with Gasteiger partial charge in [0.1, 0.15) is 23.9 Å². The summed E-state index contributed by atoms with van der Waals surface area (Å²) in [6.45, 7) is 1.85. The van der Waals surface area contributed by atoms with Gasteiger partial charge in [-0.2, -0.15) is 10.1 Å². The van der Waals surface area contributed by atoms with Crippen molar-refractivity contribution in [1.29, 1.82) is 0 Å². The zero-order chi connectivity index (χ0) is 20.4. The number of carbonyl (C=O) groups is 1. The number of anilines is 2. The minimum atomic E-state index is -0.460. The molecule has 1 aromatic heterocycles. The van der Waals surface area contributed by atoms with Crippen LogP contribution < -0.4 is 20.1 Å². The van der Waals surface area contributed by atoms with Gasteiger partial charge in [-0.3, -0.25) is 4.79 Å². The summed E-state index contributed by atoms with van der Waals surface area (Å²) in [5.41, 5.74) is 2.68. The van der Waals surface area contributed by atoms with Crippen molar-refractivity contribution in [2.45, 2.75) is 13.0 Å². The second-order valence-electron chi connectivity index (χ2n) is 6.53. The van der Waals surface area contributed by atoms with E-state index >= 15 is 0 Å². The van der Waals surface area contributed by atoms with Crippen molar-refractivity contribution in [1.82, 2.24) is 14.8 Å². The summed E-state index contributed by atoms with van der Waals surface area (Å²) in [6.07, 6.45) is 1.46. The van der Waals surface area contributed by atoms with Crippen molar-refractivity contribution >= 4 is 17.5 Å². The van der Waals surface area contributed by atoms with Crippen LogP contribution in [-0.2, 0) is 4.79 Å². The Hall–Kier alpha value is -3.81. The van der Waals surface area contributed by atoms with E-state index in [2.05, 4.69) is 20.7 Å². The molecule has 0 bridgehead atoms. The molecule has 0 spiro atoms. The van der Waals surface area contributed by atoms with Crippen molar-refractivity contribution in [3.63, 3.8) is 0 Å². The second kappa shape index (κ2) is 7.67. The monoisotopic (exact) mass is 391 g/mol. The average Bonchev–Trinajstić information content (AvgIpc) is 3.21. The van der Waals surface area contributed by atoms with Gasteiger partial charge in [0.15, 0.2) is 0 Å². The fraction of sp³-hybridized carbons (Fsp3) is 0.190. The second-order valence-corrected chi connectivity index (χ2v) is 6.53. The fourth-order valence-corrected chi connectivity index (χ4v) is 3.44. The Labute approximate surface area is 168 Å². The first-order valence-corrected chi connectivity index (χ1v) is 9.08. The third-order valence-electron chi connectivity index (χ3n) is 4.80. The van der Waals surface area contributed by atoms with E-state index in [4.69, 9.17) is 9.47 Å². The zero-order valence-electron chi connectivity index (χ0n) is 16.3. The number of amides is 1. The molecular weight excluding hydrogens is 370 g/mol. The predicted octanol–water partition coefficient (Wildman–Crippen LogP) is 3.22. The van der Waals surface area contributed by atoms with Crippen molar-refractivity contribution in [3.05, 3.63) is 71.7 Å². The summed E-state index contributed by atoms with van der Waals surface area (Å²) >= 11 is 0. The molecule has 1 amide bonds. The third-order valence-corrected chi connectivity index (χ3v) is 4.80. The summed E-state index contributed by atoms with van der Waals surface area (Å²) in [5, 5.41) is 10.5. The number of fused-ring (bicyclic) bond motifs is 1. The maximum absolute atomic E-state index is 13.4. The Bertz CT molecular complexity index is 1090. The molecule has 4 rings (SSSR count). The highest BCUT2D eigenvalue weighted by molar-refractivity contribution is 6.06. The summed E-state index contributed by atoms with van der Waals surface area (Å²) in [5.74, 6) is 1.60. The smallest absolute Gasteiger partial charge is 0.255 e. The van der Waals surface area contributed by atoms with Crippen molar-refractivity contribution in [2.75, 3.05) is 24.9 Å². The lowest BCUT2D eigenvalue weighted by Crippen LogP contribution is -2.31. The van der Waals surface area contributed by atoms with Crippen LogP contribution in [-0.4, -0.2) is 34.9 Å². The van der Waals surface area contributed by atoms with Crippen molar-refractivity contribution in [2.24, 2.45) is 0 Å². The number of nitrogens with one attached hydrogen (secondary N) is 2. The molecule has 8 heteroatoms. The van der Waals surface area contributed by atoms with Crippen LogP contribution in [0.3, 0.4) is 0 Å². The molecule has 1 atom stereocenters. The lowest BCUT2D eigenvalue weighted by atomic mass is 9.95. The highest BCUT2D eigenvalue weighted by Gasteiger charge is 2.33. The third kappa shape index (κ3) is 3.40. The molecule has 2 heterocycles. The van der Waals surface area contributed by atoms with E-state index in [1.165, 1.54) is 6.33 Å². The van der Waals surface area contributed by atoms with Crippen LogP contribution in [0, 0.1) is 0 Å². The van der Waals surface area contributed by atoms with Gasteiger partial charge in [-0.15, -0.1) is 0 Å². The minimum absolute atomic E-state index is 0.256. The van der Waals surface area contributed by atoms with E-state index in [0.29, 0.717) is 34.4 Å². The van der Waals surface area contributed by atoms with Gasteiger partial charge in [0.25, 0.3) is 5.91 Å². The summed E-state index contributed by atoms with van der Waals surface area (Å²) in [6, 6.07) is 14.4. The maximum atomic E-state index is 13.4. The van der Waals surface area contributed by atoms with Crippen molar-refractivity contribution < 1.29 is 14.3 Å². The van der Waals surface area contributed by atoms with Gasteiger partial charge in [0.05, 0.1) is 25.5 Å². The SMILES string of the molecule is COc1cccc([C@@H]2C(C(=O)Nc3ccccc3OC)=C(C)Nc3ncnn32)c1. The number of nitrogens with zero attached hydrogens (tertiary/aromatic N) is 3. The Kier molecular flexibility index (Phi) is 4.90. The quantitative estimate of drug-likeness (QED) is 0.694. The number of ether oxygens (including phenoxy) is 2. The summed E-state index contributed by atoms with van der Waals surface area (Å²) < 4.78 is 12.4. The number of aromatic nitrogens is 3. The van der Waals surface area contributed by atoms with Crippen LogP contribution in [0.25, 0.3) is 0 Å². The average molecular weight is 391 g/mol. The van der Waals surface area contributed by atoms with Gasteiger partial charge in [-0.1, -0.05) is 24.3 Å². The number of methoxy groups -OCH3 is 2. The van der Waals surface area contributed by atoms with Crippen LogP contribution in [0.15, 0.2) is 66.1 Å². The number of hydrogen-bond donors (Lipinski definition) is 2. The molecule has 1 aliphatic rings. The molecular formula is C21H21N5O3. The van der Waals surface area contributed by atoms with Gasteiger partial charge < -0.3 is 20.1 Å². The Morgan fingerprint density at radius 1 is 1.14 bits per heavy atom. The van der Waals surface area contributed by atoms with Crippen LogP contribution in [0.1, 0.15) is 18.5 Å². The van der Waals surface area contributed by atoms with Gasteiger partial charge >= 0.3 is 0 Å². The first kappa shape index (κ1) is 18.5. The Morgan fingerprint density at radius 3 is 2.76 bits per heavy atom. The normalized spacial score (nSPS) is 15.3. The number of rotatable bonds is 5. The highest BCUT2D eigenvalue weighted by Crippen LogP contribution is 2.36. The molecule has 0 saturated heterocycles. The number of benzene rings is 2. The number of para-hydroxylation sites is 2. The van der Waals surface area contributed by atoms with Crippen molar-refractivity contribution in [3.8, 4) is 11.5 Å². The van der Waals surface area contributed by atoms with Gasteiger partial charge in [-0.05, 0) is 36.8 Å². The summed E-state index contributed by atoms with van der Waals surface area (Å²) in [7, 11) is 3.18. The lowest BCUT2D eigenvalue weighted by molar-refractivity contribution is -0.113. The van der Waals surface area contributed by atoms with Gasteiger partial charge in [0, 0.05) is 5.70 Å². The predicted molar refractivity (Wildman–Crippen MR) is 109 cm³/mol. The molecule has 0 fully saturated rings. The zero-order valence-corrected chi connectivity index (χ0v) is 16.3. The van der Waals surface area contributed by atoms with E-state index in [-0.39, 0.29) is 5.91 Å². The molecule has 3 aromatic rings. The van der Waals surface area contributed by atoms with E-state index in [1.54, 1.807) is 31.0 Å². The highest BCUT2D eigenvalue weighted by atomic mass is 16.5. The molecule has 2 N–H and O–H groups in total. The fourth-order valence-electron chi connectivity index (χ4n) is 3.44. The first-order valence-electron chi connectivity index (χ1n) is 9.08. The molecule has 0 radical (unpaired) electrons. The number of hydrogen-bond acceptors (Lipinski definition) is 6. The molecule has 0 aliphatic carbocycles. The number of allylic oxidation sites excluding steroid dienone is 1. The number of carbonyl (C=O) groups excluding carboxylic acids is 1. The molecule has 8 nitrogen and oxygen atoms in total. The molecule has 0 saturated carbocycles. The molecule has 2 aromatic carbocycles. The maximum Gasteiger partial charge on any atom is 0.255 e. The largest absolute Gasteiger partial charge is 0.497 e. The van der Waals surface area contributed by atoms with Crippen LogP contribution >= 0.6 is 0 Å². The van der Waals surface area contributed by atoms with Crippen LogP contribution in [0.2, 0.25) is 0 Å². The first-order chi connectivity index (χ1) is 14.1. The van der Waals surface area contributed by atoms with Gasteiger partial charge in [0.2, 0.25) is 5.95 Å². The standard InChI is InChI=1S/C21H21N5O3/c1-13-18(20(27)25-16-9-4-5-10-17(16)29-3)19(26-21(24-13)22-12-23-26)14-7-6-8-15(11-14)28-2/h4-12,19H,1-3H3,(H,25,27)(H,22,23,24)/t19-/m1/s1. The Morgan fingerprint density at radius 2 is 1.97 bits per heavy atom. The molecule has 148 valence electrons.